The van der Waals surface area contributed by atoms with Gasteiger partial charge >= 0.3 is 0 Å². The van der Waals surface area contributed by atoms with Crippen molar-refractivity contribution in [2.45, 2.75) is 18.9 Å². The zero-order valence-electron chi connectivity index (χ0n) is 8.33. The average Bonchev–Trinajstić information content (AvgIpc) is 2.46. The number of hydrogen-bond acceptors (Lipinski definition) is 2. The summed E-state index contributed by atoms with van der Waals surface area (Å²) in [4.78, 5) is 2.01. The van der Waals surface area contributed by atoms with Crippen molar-refractivity contribution in [3.63, 3.8) is 0 Å². The van der Waals surface area contributed by atoms with Gasteiger partial charge in [0.25, 0.3) is 0 Å². The van der Waals surface area contributed by atoms with Gasteiger partial charge in [0.2, 0.25) is 0 Å². The number of para-hydroxylation sites is 1. The zero-order chi connectivity index (χ0) is 10.1. The second-order valence-corrected chi connectivity index (χ2v) is 3.79. The summed E-state index contributed by atoms with van der Waals surface area (Å²) in [6.45, 7) is 0.657. The van der Waals surface area contributed by atoms with Crippen molar-refractivity contribution >= 4 is 5.69 Å². The van der Waals surface area contributed by atoms with Gasteiger partial charge in [0.05, 0.1) is 5.69 Å². The molecule has 1 aliphatic rings. The molecule has 14 heavy (non-hydrogen) atoms. The van der Waals surface area contributed by atoms with Crippen LogP contribution in [0.4, 0.5) is 10.1 Å². The summed E-state index contributed by atoms with van der Waals surface area (Å²) >= 11 is 0. The van der Waals surface area contributed by atoms with E-state index in [1.807, 2.05) is 18.0 Å². The lowest BCUT2D eigenvalue weighted by molar-refractivity contribution is 0.596. The molecule has 0 aliphatic carbocycles. The summed E-state index contributed by atoms with van der Waals surface area (Å²) in [5.41, 5.74) is 7.38. The molecule has 1 aromatic carbocycles. The number of nitrogens with two attached hydrogens (primary N) is 1. The van der Waals surface area contributed by atoms with Gasteiger partial charge in [0, 0.05) is 13.1 Å². The van der Waals surface area contributed by atoms with Crippen molar-refractivity contribution in [3.05, 3.63) is 29.6 Å². The van der Waals surface area contributed by atoms with E-state index in [0.29, 0.717) is 12.6 Å². The first kappa shape index (κ1) is 9.46. The summed E-state index contributed by atoms with van der Waals surface area (Å²) in [6, 6.07) is 5.64. The number of likely N-dealkylation sites (N-methyl/N-ethyl adjacent to an activating group) is 1. The van der Waals surface area contributed by atoms with Gasteiger partial charge in [-0.3, -0.25) is 0 Å². The Balaban J connectivity index is 2.31. The zero-order valence-corrected chi connectivity index (χ0v) is 8.33. The van der Waals surface area contributed by atoms with Crippen molar-refractivity contribution in [3.8, 4) is 0 Å². The van der Waals surface area contributed by atoms with E-state index in [1.165, 1.54) is 6.07 Å². The number of benzene rings is 1. The van der Waals surface area contributed by atoms with Gasteiger partial charge in [-0.2, -0.15) is 0 Å². The van der Waals surface area contributed by atoms with Crippen LogP contribution in [-0.4, -0.2) is 19.6 Å². The summed E-state index contributed by atoms with van der Waals surface area (Å²) in [5, 5.41) is 0. The van der Waals surface area contributed by atoms with Crippen LogP contribution in [0.5, 0.6) is 0 Å². The lowest BCUT2D eigenvalue weighted by Gasteiger charge is -2.22. The first-order valence-electron chi connectivity index (χ1n) is 4.94. The minimum atomic E-state index is -0.121. The smallest absolute Gasteiger partial charge is 0.146 e. The topological polar surface area (TPSA) is 29.3 Å². The van der Waals surface area contributed by atoms with E-state index >= 15 is 0 Å². The molecule has 2 nitrogen and oxygen atoms in total. The minimum absolute atomic E-state index is 0.121. The maximum absolute atomic E-state index is 13.5. The molecule has 0 radical (unpaired) electrons. The predicted molar refractivity (Wildman–Crippen MR) is 56.0 cm³/mol. The van der Waals surface area contributed by atoms with Crippen LogP contribution >= 0.6 is 0 Å². The molecule has 1 heterocycles. The van der Waals surface area contributed by atoms with Crippen LogP contribution in [0.2, 0.25) is 0 Å². The van der Waals surface area contributed by atoms with E-state index in [9.17, 15) is 4.39 Å². The Morgan fingerprint density at radius 2 is 2.36 bits per heavy atom. The summed E-state index contributed by atoms with van der Waals surface area (Å²) < 4.78 is 13.5. The standard InChI is InChI=1S/C11H15FN2/c1-14-9(5-6-13)7-8-3-2-4-10(12)11(8)14/h2-4,9H,5-7,13H2,1H3. The van der Waals surface area contributed by atoms with Crippen LogP contribution in [0.15, 0.2) is 18.2 Å². The lowest BCUT2D eigenvalue weighted by atomic mass is 10.1. The number of nitrogens with zero attached hydrogens (tertiary/aromatic N) is 1. The number of fused-ring (bicyclic) bond motifs is 1. The fourth-order valence-corrected chi connectivity index (χ4v) is 2.18. The largest absolute Gasteiger partial charge is 0.369 e. The second-order valence-electron chi connectivity index (χ2n) is 3.79. The third kappa shape index (κ3) is 1.38. The van der Waals surface area contributed by atoms with E-state index in [4.69, 9.17) is 5.73 Å². The van der Waals surface area contributed by atoms with E-state index < -0.39 is 0 Å². The molecule has 0 bridgehead atoms. The maximum Gasteiger partial charge on any atom is 0.146 e. The molecular formula is C11H15FN2. The van der Waals surface area contributed by atoms with Crippen molar-refractivity contribution in [2.75, 3.05) is 18.5 Å². The monoisotopic (exact) mass is 194 g/mol. The first-order valence-corrected chi connectivity index (χ1v) is 4.94. The first-order chi connectivity index (χ1) is 6.74. The molecule has 1 aromatic rings. The van der Waals surface area contributed by atoms with Gasteiger partial charge in [-0.15, -0.1) is 0 Å². The Kier molecular flexibility index (Phi) is 2.42. The quantitative estimate of drug-likeness (QED) is 0.773. The molecule has 0 spiro atoms. The third-order valence-corrected chi connectivity index (χ3v) is 2.93. The van der Waals surface area contributed by atoms with E-state index in [-0.39, 0.29) is 5.82 Å². The molecule has 1 unspecified atom stereocenters. The fourth-order valence-electron chi connectivity index (χ4n) is 2.18. The predicted octanol–water partition coefficient (Wildman–Crippen LogP) is 1.54. The van der Waals surface area contributed by atoms with Crippen molar-refractivity contribution in [1.29, 1.82) is 0 Å². The Hall–Kier alpha value is -1.09. The van der Waals surface area contributed by atoms with Crippen LogP contribution < -0.4 is 10.6 Å². The van der Waals surface area contributed by atoms with Crippen molar-refractivity contribution in [1.82, 2.24) is 0 Å². The molecule has 3 heteroatoms. The number of rotatable bonds is 2. The van der Waals surface area contributed by atoms with E-state index in [1.54, 1.807) is 6.07 Å². The molecule has 76 valence electrons. The summed E-state index contributed by atoms with van der Waals surface area (Å²) in [6.07, 6.45) is 1.84. The van der Waals surface area contributed by atoms with Gasteiger partial charge in [0.15, 0.2) is 0 Å². The van der Waals surface area contributed by atoms with Crippen LogP contribution in [0.1, 0.15) is 12.0 Å². The van der Waals surface area contributed by atoms with Crippen molar-refractivity contribution in [2.24, 2.45) is 5.73 Å². The van der Waals surface area contributed by atoms with E-state index in [2.05, 4.69) is 0 Å². The summed E-state index contributed by atoms with van der Waals surface area (Å²) in [7, 11) is 1.94. The molecule has 2 rings (SSSR count). The van der Waals surface area contributed by atoms with Crippen LogP contribution in [-0.2, 0) is 6.42 Å². The molecule has 0 saturated carbocycles. The van der Waals surface area contributed by atoms with Gasteiger partial charge in [0.1, 0.15) is 5.82 Å². The van der Waals surface area contributed by atoms with E-state index in [0.717, 1.165) is 24.1 Å². The lowest BCUT2D eigenvalue weighted by Crippen LogP contribution is -2.30. The molecule has 2 N–H and O–H groups in total. The van der Waals surface area contributed by atoms with Crippen LogP contribution in [0.3, 0.4) is 0 Å². The average molecular weight is 194 g/mol. The number of hydrogen-bond donors (Lipinski definition) is 1. The van der Waals surface area contributed by atoms with Gasteiger partial charge < -0.3 is 10.6 Å². The highest BCUT2D eigenvalue weighted by Gasteiger charge is 2.27. The third-order valence-electron chi connectivity index (χ3n) is 2.93. The highest BCUT2D eigenvalue weighted by Crippen LogP contribution is 2.33. The van der Waals surface area contributed by atoms with Gasteiger partial charge in [-0.1, -0.05) is 12.1 Å². The maximum atomic E-state index is 13.5. The molecule has 0 aromatic heterocycles. The molecular weight excluding hydrogens is 179 g/mol. The second kappa shape index (κ2) is 3.58. The van der Waals surface area contributed by atoms with Crippen molar-refractivity contribution < 1.29 is 4.39 Å². The Labute approximate surface area is 83.5 Å². The highest BCUT2D eigenvalue weighted by atomic mass is 19.1. The molecule has 0 amide bonds. The highest BCUT2D eigenvalue weighted by molar-refractivity contribution is 5.59. The van der Waals surface area contributed by atoms with Gasteiger partial charge in [-0.05, 0) is 31.0 Å². The van der Waals surface area contributed by atoms with Crippen LogP contribution in [0.25, 0.3) is 0 Å². The number of halogens is 1. The Morgan fingerprint density at radius 1 is 1.57 bits per heavy atom. The minimum Gasteiger partial charge on any atom is -0.369 e. The Morgan fingerprint density at radius 3 is 3.00 bits per heavy atom. The Bertz CT molecular complexity index is 338. The summed E-state index contributed by atoms with van der Waals surface area (Å²) in [5.74, 6) is -0.121. The fraction of sp³-hybridized carbons (Fsp3) is 0.455. The molecule has 0 saturated heterocycles. The number of anilines is 1. The normalized spacial score (nSPS) is 19.9. The van der Waals surface area contributed by atoms with Gasteiger partial charge in [-0.25, -0.2) is 4.39 Å². The molecule has 0 fully saturated rings. The van der Waals surface area contributed by atoms with Crippen LogP contribution in [0, 0.1) is 5.82 Å². The SMILES string of the molecule is CN1c2c(F)cccc2CC1CCN. The molecule has 1 aliphatic heterocycles. The molecule has 1 atom stereocenters.